The lowest BCUT2D eigenvalue weighted by molar-refractivity contribution is 0.299. The number of azo groups is 1. The van der Waals surface area contributed by atoms with E-state index in [9.17, 15) is 0 Å². The molecule has 128 valence electrons. The smallest absolute Gasteiger partial charge is 0.250 e. The third kappa shape index (κ3) is 4.41. The molecule has 7 nitrogen and oxygen atoms in total. The number of anilines is 1. The summed E-state index contributed by atoms with van der Waals surface area (Å²) in [5.41, 5.74) is 1.68. The van der Waals surface area contributed by atoms with Gasteiger partial charge in [0.05, 0.1) is 7.11 Å². The largest absolute Gasteiger partial charge is 0.483 e. The van der Waals surface area contributed by atoms with Gasteiger partial charge in [0.25, 0.3) is 0 Å². The Kier molecular flexibility index (Phi) is 5.74. The maximum atomic E-state index is 5.04. The van der Waals surface area contributed by atoms with E-state index in [1.165, 1.54) is 34.6 Å². The Morgan fingerprint density at radius 2 is 2.04 bits per heavy atom. The van der Waals surface area contributed by atoms with Crippen LogP contribution in [0.15, 0.2) is 58.2 Å². The van der Waals surface area contributed by atoms with Crippen molar-refractivity contribution in [2.45, 2.75) is 5.16 Å². The van der Waals surface area contributed by atoms with Gasteiger partial charge < -0.3 is 10.1 Å². The number of nitrogens with zero attached hydrogens (tertiary/aromatic N) is 5. The molecule has 0 atom stereocenters. The number of nitrogens with one attached hydrogen (secondary N) is 1. The van der Waals surface area contributed by atoms with Gasteiger partial charge in [0.2, 0.25) is 10.3 Å². The Hall–Kier alpha value is -2.30. The molecule has 0 fully saturated rings. The molecule has 0 spiro atoms. The molecule has 0 unspecified atom stereocenters. The van der Waals surface area contributed by atoms with E-state index in [1.807, 2.05) is 36.6 Å². The van der Waals surface area contributed by atoms with Crippen molar-refractivity contribution in [1.82, 2.24) is 14.3 Å². The zero-order chi connectivity index (χ0) is 17.6. The van der Waals surface area contributed by atoms with Crippen molar-refractivity contribution in [3.63, 3.8) is 0 Å². The minimum Gasteiger partial charge on any atom is -0.483 e. The first-order valence-corrected chi connectivity index (χ1v) is 9.86. The van der Waals surface area contributed by atoms with Gasteiger partial charge in [-0.2, -0.15) is 9.36 Å². The summed E-state index contributed by atoms with van der Waals surface area (Å²) in [7, 11) is 1.54. The van der Waals surface area contributed by atoms with Crippen molar-refractivity contribution in [2.24, 2.45) is 10.2 Å². The monoisotopic (exact) mass is 390 g/mol. The summed E-state index contributed by atoms with van der Waals surface area (Å²) in [6.07, 6.45) is 1.92. The molecule has 1 aromatic carbocycles. The number of thioether (sulfide) groups is 1. The van der Waals surface area contributed by atoms with Crippen molar-refractivity contribution < 1.29 is 4.74 Å². The molecule has 0 saturated heterocycles. The van der Waals surface area contributed by atoms with Crippen LogP contribution in [0.4, 0.5) is 15.3 Å². The van der Waals surface area contributed by atoms with Crippen LogP contribution in [0.1, 0.15) is 0 Å². The van der Waals surface area contributed by atoms with Crippen LogP contribution < -0.4 is 5.32 Å². The number of hydrogen-bond acceptors (Lipinski definition) is 10. The minimum absolute atomic E-state index is 0.408. The average Bonchev–Trinajstić information content (AvgIpc) is 3.27. The zero-order valence-electron chi connectivity index (χ0n) is 13.5. The molecule has 0 aliphatic heterocycles. The van der Waals surface area contributed by atoms with Gasteiger partial charge in [0.15, 0.2) is 16.0 Å². The summed E-state index contributed by atoms with van der Waals surface area (Å²) in [4.78, 5) is 8.84. The van der Waals surface area contributed by atoms with Crippen LogP contribution in [-0.2, 0) is 4.74 Å². The van der Waals surface area contributed by atoms with Crippen LogP contribution in [0.2, 0.25) is 0 Å². The Labute approximate surface area is 157 Å². The summed E-state index contributed by atoms with van der Waals surface area (Å²) in [6.45, 7) is 3.75. The van der Waals surface area contributed by atoms with Crippen LogP contribution in [0, 0.1) is 0 Å². The van der Waals surface area contributed by atoms with Gasteiger partial charge in [0.1, 0.15) is 5.69 Å². The van der Waals surface area contributed by atoms with E-state index in [2.05, 4.69) is 36.5 Å². The van der Waals surface area contributed by atoms with Crippen LogP contribution in [0.5, 0.6) is 0 Å². The predicted molar refractivity (Wildman–Crippen MR) is 103 cm³/mol. The van der Waals surface area contributed by atoms with E-state index < -0.39 is 0 Å². The first kappa shape index (κ1) is 17.5. The van der Waals surface area contributed by atoms with E-state index in [-0.39, 0.29) is 0 Å². The van der Waals surface area contributed by atoms with Crippen molar-refractivity contribution in [3.8, 4) is 11.3 Å². The average molecular weight is 391 g/mol. The van der Waals surface area contributed by atoms with Crippen LogP contribution in [0.3, 0.4) is 0 Å². The molecular formula is C15H14N6OS3. The summed E-state index contributed by atoms with van der Waals surface area (Å²) in [5.74, 6) is 0.408. The molecule has 3 rings (SSSR count). The molecule has 0 saturated carbocycles. The molecule has 25 heavy (non-hydrogen) atoms. The van der Waals surface area contributed by atoms with Crippen molar-refractivity contribution >= 4 is 49.9 Å². The number of benzene rings is 1. The van der Waals surface area contributed by atoms with Gasteiger partial charge in [-0.05, 0) is 12.8 Å². The fourth-order valence-electron chi connectivity index (χ4n) is 1.80. The summed E-state index contributed by atoms with van der Waals surface area (Å²) in [5, 5.41) is 14.0. The second-order valence-electron chi connectivity index (χ2n) is 4.55. The first-order chi connectivity index (χ1) is 12.2. The fraction of sp³-hybridized carbons (Fsp3) is 0.133. The lowest BCUT2D eigenvalue weighted by Crippen LogP contribution is -1.98. The van der Waals surface area contributed by atoms with Crippen molar-refractivity contribution in [2.75, 3.05) is 18.7 Å². The zero-order valence-corrected chi connectivity index (χ0v) is 15.9. The van der Waals surface area contributed by atoms with E-state index in [0.29, 0.717) is 26.3 Å². The standard InChI is InChI=1S/C15H14N6OS3/c1-9(22-2)16-13-17-11(10-7-5-4-6-8-10)12(24-13)19-20-14-18-15(23-3)21-25-14/h4-8H,1H2,2-3H3,(H,16,17). The molecule has 0 amide bonds. The molecule has 2 aromatic heterocycles. The number of aromatic nitrogens is 3. The SMILES string of the molecule is C=C(Nc1nc(-c2ccccc2)c(N=Nc2nc(SC)ns2)s1)OC. The van der Waals surface area contributed by atoms with E-state index in [1.54, 1.807) is 7.11 Å². The summed E-state index contributed by atoms with van der Waals surface area (Å²) in [6, 6.07) is 9.80. The van der Waals surface area contributed by atoms with Gasteiger partial charge in [-0.25, -0.2) is 4.98 Å². The van der Waals surface area contributed by atoms with Gasteiger partial charge in [-0.15, -0.1) is 10.2 Å². The second kappa shape index (κ2) is 8.19. The predicted octanol–water partition coefficient (Wildman–Crippen LogP) is 5.33. The molecular weight excluding hydrogens is 376 g/mol. The Bertz CT molecular complexity index is 890. The number of thiazole rings is 1. The molecule has 0 aliphatic carbocycles. The molecule has 1 N–H and O–H groups in total. The van der Waals surface area contributed by atoms with Gasteiger partial charge >= 0.3 is 0 Å². The molecule has 0 aliphatic rings. The highest BCUT2D eigenvalue weighted by molar-refractivity contribution is 7.98. The Morgan fingerprint density at radius 1 is 1.24 bits per heavy atom. The lowest BCUT2D eigenvalue weighted by atomic mass is 10.2. The summed E-state index contributed by atoms with van der Waals surface area (Å²) >= 11 is 4.03. The summed E-state index contributed by atoms with van der Waals surface area (Å²) < 4.78 is 9.21. The van der Waals surface area contributed by atoms with Crippen LogP contribution in [0.25, 0.3) is 11.3 Å². The fourth-order valence-corrected chi connectivity index (χ4v) is 3.68. The maximum absolute atomic E-state index is 5.04. The lowest BCUT2D eigenvalue weighted by Gasteiger charge is -2.02. The number of ether oxygens (including phenoxy) is 1. The molecule has 2 heterocycles. The Morgan fingerprint density at radius 3 is 2.72 bits per heavy atom. The topological polar surface area (TPSA) is 84.7 Å². The van der Waals surface area contributed by atoms with Crippen LogP contribution in [-0.4, -0.2) is 27.7 Å². The normalized spacial score (nSPS) is 11.0. The quantitative estimate of drug-likeness (QED) is 0.333. The van der Waals surface area contributed by atoms with Gasteiger partial charge in [-0.3, -0.25) is 0 Å². The number of methoxy groups -OCH3 is 1. The Balaban J connectivity index is 1.93. The molecule has 10 heteroatoms. The van der Waals surface area contributed by atoms with Crippen molar-refractivity contribution in [1.29, 1.82) is 0 Å². The third-order valence-electron chi connectivity index (χ3n) is 2.95. The number of rotatable bonds is 7. The number of hydrogen-bond donors (Lipinski definition) is 1. The highest BCUT2D eigenvalue weighted by Gasteiger charge is 2.14. The van der Waals surface area contributed by atoms with Gasteiger partial charge in [-0.1, -0.05) is 53.4 Å². The maximum Gasteiger partial charge on any atom is 0.250 e. The second-order valence-corrected chi connectivity index (χ2v) is 7.04. The van der Waals surface area contributed by atoms with Crippen molar-refractivity contribution in [3.05, 3.63) is 42.8 Å². The highest BCUT2D eigenvalue weighted by Crippen LogP contribution is 2.39. The van der Waals surface area contributed by atoms with Crippen LogP contribution >= 0.6 is 34.6 Å². The molecule has 0 bridgehead atoms. The van der Waals surface area contributed by atoms with E-state index in [0.717, 1.165) is 11.3 Å². The van der Waals surface area contributed by atoms with E-state index >= 15 is 0 Å². The molecule has 0 radical (unpaired) electrons. The first-order valence-electron chi connectivity index (χ1n) is 7.05. The minimum atomic E-state index is 0.408. The molecule has 3 aromatic rings. The highest BCUT2D eigenvalue weighted by atomic mass is 32.2. The van der Waals surface area contributed by atoms with E-state index in [4.69, 9.17) is 4.74 Å². The van der Waals surface area contributed by atoms with Gasteiger partial charge in [0, 0.05) is 17.1 Å². The third-order valence-corrected chi connectivity index (χ3v) is 5.07.